The van der Waals surface area contributed by atoms with Gasteiger partial charge in [0, 0.05) is 17.5 Å². The number of aromatic amines is 1. The van der Waals surface area contributed by atoms with Crippen molar-refractivity contribution in [1.29, 1.82) is 0 Å². The van der Waals surface area contributed by atoms with E-state index in [1.807, 2.05) is 12.1 Å². The Morgan fingerprint density at radius 2 is 1.67 bits per heavy atom. The summed E-state index contributed by atoms with van der Waals surface area (Å²) in [7, 11) is -4.15. The van der Waals surface area contributed by atoms with Crippen LogP contribution in [-0.4, -0.2) is 71.2 Å². The van der Waals surface area contributed by atoms with Crippen molar-refractivity contribution in [1.82, 2.24) is 9.97 Å². The number of H-pyrrole nitrogens is 1. The van der Waals surface area contributed by atoms with Gasteiger partial charge in [-0.3, -0.25) is 0 Å². The number of benzene rings is 1. The van der Waals surface area contributed by atoms with Crippen molar-refractivity contribution in [2.45, 2.75) is 69.3 Å². The third-order valence-electron chi connectivity index (χ3n) is 7.82. The molecule has 1 aliphatic rings. The molecular formula is C31H41N3O7SSi. The normalized spacial score (nSPS) is 15.6. The number of carbonyl (C=O) groups is 1. The zero-order chi connectivity index (χ0) is 31.5. The lowest BCUT2D eigenvalue weighted by atomic mass is 10.1. The average molecular weight is 628 g/mol. The molecule has 0 radical (unpaired) electrons. The average Bonchev–Trinajstić information content (AvgIpc) is 3.62. The number of methoxy groups -OCH3 is 1. The molecule has 43 heavy (non-hydrogen) atoms. The first kappa shape index (κ1) is 32.4. The third-order valence-corrected chi connectivity index (χ3v) is 14.9. The fourth-order valence-corrected chi connectivity index (χ4v) is 11.9. The Morgan fingerprint density at radius 3 is 2.26 bits per heavy atom. The number of hydrogen-bond donors (Lipinski definition) is 1. The van der Waals surface area contributed by atoms with Gasteiger partial charge in [-0.2, -0.15) is 0 Å². The number of aliphatic imine (C=N–C) groups is 1. The highest BCUT2D eigenvalue weighted by molar-refractivity contribution is 7.90. The lowest BCUT2D eigenvalue weighted by Crippen LogP contribution is -2.49. The van der Waals surface area contributed by atoms with Gasteiger partial charge >= 0.3 is 5.97 Å². The second kappa shape index (κ2) is 13.0. The van der Waals surface area contributed by atoms with Crippen LogP contribution < -0.4 is 4.74 Å². The molecule has 10 nitrogen and oxygen atoms in total. The standard InChI is InChI=1S/C31H41N3O7SSi/c1-19(2)43(20(3)4,21(5)6)39-18-26-17-33-30(41-26)28-11-10-27(34-28)22-13-23(31(35)38-7)15-25(14-22)40-24-9-12-29(32-16-24)42(8,36)37/h9-16,19-21,26,34H,17-18H2,1-8H3/t26-/m1/s1. The molecule has 0 bridgehead atoms. The maximum Gasteiger partial charge on any atom is 0.338 e. The fourth-order valence-electron chi connectivity index (χ4n) is 5.91. The zero-order valence-electron chi connectivity index (χ0n) is 26.0. The van der Waals surface area contributed by atoms with Gasteiger partial charge in [0.1, 0.15) is 23.3 Å². The monoisotopic (exact) mass is 627 g/mol. The van der Waals surface area contributed by atoms with Crippen LogP contribution in [-0.2, 0) is 23.7 Å². The van der Waals surface area contributed by atoms with E-state index in [2.05, 4.69) is 56.5 Å². The van der Waals surface area contributed by atoms with E-state index < -0.39 is 24.1 Å². The van der Waals surface area contributed by atoms with Crippen molar-refractivity contribution in [2.24, 2.45) is 4.99 Å². The summed E-state index contributed by atoms with van der Waals surface area (Å²) in [6.07, 6.45) is 2.25. The van der Waals surface area contributed by atoms with Crippen LogP contribution in [0.3, 0.4) is 0 Å². The van der Waals surface area contributed by atoms with Crippen LogP contribution in [0, 0.1) is 0 Å². The summed E-state index contributed by atoms with van der Waals surface area (Å²) in [6.45, 7) is 14.6. The number of carbonyl (C=O) groups excluding carboxylic acids is 1. The minimum atomic E-state index is -3.44. The van der Waals surface area contributed by atoms with Gasteiger partial charge in [0.05, 0.1) is 32.0 Å². The molecule has 0 aliphatic carbocycles. The molecule has 1 aromatic carbocycles. The minimum Gasteiger partial charge on any atom is -0.469 e. The van der Waals surface area contributed by atoms with Crippen LogP contribution in [0.2, 0.25) is 16.6 Å². The van der Waals surface area contributed by atoms with Crippen LogP contribution in [0.25, 0.3) is 11.3 Å². The van der Waals surface area contributed by atoms with Crippen LogP contribution in [0.15, 0.2) is 58.7 Å². The van der Waals surface area contributed by atoms with E-state index in [1.165, 1.54) is 25.4 Å². The Kier molecular flexibility index (Phi) is 9.82. The topological polar surface area (TPSA) is 129 Å². The van der Waals surface area contributed by atoms with Gasteiger partial charge in [0.25, 0.3) is 0 Å². The summed E-state index contributed by atoms with van der Waals surface area (Å²) >= 11 is 0. The molecule has 3 heterocycles. The van der Waals surface area contributed by atoms with E-state index in [9.17, 15) is 13.2 Å². The predicted octanol–water partition coefficient (Wildman–Crippen LogP) is 6.40. The molecule has 0 unspecified atom stereocenters. The van der Waals surface area contributed by atoms with Crippen molar-refractivity contribution in [3.63, 3.8) is 0 Å². The molecule has 1 atom stereocenters. The second-order valence-corrected chi connectivity index (χ2v) is 19.2. The number of hydrogen-bond acceptors (Lipinski definition) is 9. The molecule has 0 saturated heterocycles. The molecule has 4 rings (SSSR count). The molecular weight excluding hydrogens is 587 g/mol. The Morgan fingerprint density at radius 1 is 1.00 bits per heavy atom. The molecule has 0 saturated carbocycles. The van der Waals surface area contributed by atoms with E-state index in [0.717, 1.165) is 6.26 Å². The first-order chi connectivity index (χ1) is 20.2. The van der Waals surface area contributed by atoms with Gasteiger partial charge < -0.3 is 23.6 Å². The fraction of sp³-hybridized carbons (Fsp3) is 0.452. The smallest absolute Gasteiger partial charge is 0.338 e. The summed E-state index contributed by atoms with van der Waals surface area (Å²) in [6, 6.07) is 11.6. The van der Waals surface area contributed by atoms with Crippen molar-refractivity contribution >= 4 is 30.0 Å². The number of esters is 1. The highest BCUT2D eigenvalue weighted by Crippen LogP contribution is 2.42. The van der Waals surface area contributed by atoms with E-state index in [0.29, 0.717) is 64.1 Å². The summed E-state index contributed by atoms with van der Waals surface area (Å²) in [5.41, 5.74) is 3.84. The third kappa shape index (κ3) is 7.19. The number of sulfone groups is 1. The zero-order valence-corrected chi connectivity index (χ0v) is 27.8. The number of pyridine rings is 1. The quantitative estimate of drug-likeness (QED) is 0.181. The first-order valence-corrected chi connectivity index (χ1v) is 18.4. The van der Waals surface area contributed by atoms with Crippen LogP contribution in [0.4, 0.5) is 0 Å². The molecule has 0 spiro atoms. The van der Waals surface area contributed by atoms with E-state index >= 15 is 0 Å². The van der Waals surface area contributed by atoms with Gasteiger partial charge in [-0.15, -0.1) is 0 Å². The summed E-state index contributed by atoms with van der Waals surface area (Å²) in [4.78, 5) is 24.4. The lowest BCUT2D eigenvalue weighted by Gasteiger charge is -2.42. The molecule has 1 N–H and O–H groups in total. The van der Waals surface area contributed by atoms with Crippen molar-refractivity contribution in [3.05, 3.63) is 59.9 Å². The molecule has 12 heteroatoms. The van der Waals surface area contributed by atoms with Gasteiger partial charge in [0.2, 0.25) is 14.2 Å². The van der Waals surface area contributed by atoms with Crippen molar-refractivity contribution in [3.8, 4) is 22.8 Å². The Bertz CT molecular complexity index is 1560. The van der Waals surface area contributed by atoms with E-state index in [4.69, 9.17) is 18.6 Å². The van der Waals surface area contributed by atoms with Crippen LogP contribution in [0.1, 0.15) is 57.6 Å². The SMILES string of the molecule is COC(=O)c1cc(Oc2ccc(S(C)(=O)=O)nc2)cc(-c2ccc(C3=NC[C@H](CO[Si](C(C)C)(C(C)C)C(C)C)O3)[nH]2)c1. The highest BCUT2D eigenvalue weighted by atomic mass is 32.2. The largest absolute Gasteiger partial charge is 0.469 e. The van der Waals surface area contributed by atoms with Crippen LogP contribution >= 0.6 is 0 Å². The maximum absolute atomic E-state index is 12.5. The summed E-state index contributed by atoms with van der Waals surface area (Å²) < 4.78 is 47.3. The molecule has 3 aromatic rings. The van der Waals surface area contributed by atoms with Gasteiger partial charge in [-0.25, -0.2) is 23.2 Å². The van der Waals surface area contributed by atoms with Crippen molar-refractivity contribution in [2.75, 3.05) is 26.5 Å². The predicted molar refractivity (Wildman–Crippen MR) is 168 cm³/mol. The number of nitrogens with zero attached hydrogens (tertiary/aromatic N) is 2. The minimum absolute atomic E-state index is 0.0604. The molecule has 232 valence electrons. The first-order valence-electron chi connectivity index (χ1n) is 14.4. The van der Waals surface area contributed by atoms with Gasteiger partial charge in [0.15, 0.2) is 14.9 Å². The van der Waals surface area contributed by atoms with Gasteiger partial charge in [-0.05, 0) is 59.1 Å². The van der Waals surface area contributed by atoms with E-state index in [1.54, 1.807) is 18.2 Å². The number of rotatable bonds is 12. The van der Waals surface area contributed by atoms with Gasteiger partial charge in [-0.1, -0.05) is 41.5 Å². The maximum atomic E-state index is 12.5. The number of aromatic nitrogens is 2. The molecule has 0 fully saturated rings. The lowest BCUT2D eigenvalue weighted by molar-refractivity contribution is 0.0600. The Labute approximate surface area is 254 Å². The second-order valence-electron chi connectivity index (χ2n) is 11.7. The summed E-state index contributed by atoms with van der Waals surface area (Å²) in [5.74, 6) is 0.652. The molecule has 0 amide bonds. The Balaban J connectivity index is 1.51. The number of ether oxygens (including phenoxy) is 3. The van der Waals surface area contributed by atoms with Crippen LogP contribution in [0.5, 0.6) is 11.5 Å². The number of nitrogens with one attached hydrogen (secondary N) is 1. The highest BCUT2D eigenvalue weighted by Gasteiger charge is 2.45. The molecule has 1 aliphatic heterocycles. The van der Waals surface area contributed by atoms with Crippen molar-refractivity contribution < 1.29 is 31.8 Å². The summed E-state index contributed by atoms with van der Waals surface area (Å²) in [5, 5.41) is -0.0604. The van der Waals surface area contributed by atoms with E-state index in [-0.39, 0.29) is 16.7 Å². The molecule has 2 aromatic heterocycles. The Hall–Kier alpha value is -3.48.